The van der Waals surface area contributed by atoms with Crippen LogP contribution in [0.2, 0.25) is 0 Å². The fourth-order valence-electron chi connectivity index (χ4n) is 1.94. The summed E-state index contributed by atoms with van der Waals surface area (Å²) in [6, 6.07) is 0. The second-order valence-corrected chi connectivity index (χ2v) is 5.42. The van der Waals surface area contributed by atoms with Crippen molar-refractivity contribution in [1.82, 2.24) is 0 Å². The van der Waals surface area contributed by atoms with Crippen LogP contribution in [0.5, 0.6) is 0 Å². The Labute approximate surface area is 147 Å². The molecular weight excluding hydrogens is 312 g/mol. The zero-order chi connectivity index (χ0) is 17.7. The van der Waals surface area contributed by atoms with Gasteiger partial charge < -0.3 is 23.7 Å². The van der Waals surface area contributed by atoms with E-state index < -0.39 is 0 Å². The maximum atomic E-state index is 11.1. The van der Waals surface area contributed by atoms with Crippen molar-refractivity contribution in [1.29, 1.82) is 0 Å². The average Bonchev–Trinajstić information content (AvgIpc) is 2.58. The lowest BCUT2D eigenvalue weighted by Crippen LogP contribution is -2.12. The third kappa shape index (κ3) is 19.4. The van der Waals surface area contributed by atoms with Gasteiger partial charge in [0, 0.05) is 19.6 Å². The van der Waals surface area contributed by atoms with Gasteiger partial charge in [0.1, 0.15) is 0 Å². The van der Waals surface area contributed by atoms with Crippen LogP contribution in [-0.4, -0.2) is 65.4 Å². The van der Waals surface area contributed by atoms with Crippen LogP contribution in [0.25, 0.3) is 0 Å². The van der Waals surface area contributed by atoms with E-state index >= 15 is 0 Å². The second kappa shape index (κ2) is 20.4. The van der Waals surface area contributed by atoms with Crippen LogP contribution in [0.15, 0.2) is 0 Å². The molecule has 0 aliphatic rings. The van der Waals surface area contributed by atoms with Gasteiger partial charge in [-0.2, -0.15) is 0 Å². The van der Waals surface area contributed by atoms with Crippen LogP contribution < -0.4 is 0 Å². The van der Waals surface area contributed by atoms with Crippen LogP contribution in [0.1, 0.15) is 52.4 Å². The molecule has 6 nitrogen and oxygen atoms in total. The Morgan fingerprint density at radius 3 is 1.62 bits per heavy atom. The lowest BCUT2D eigenvalue weighted by molar-refractivity contribution is -0.143. The van der Waals surface area contributed by atoms with Gasteiger partial charge in [-0.1, -0.05) is 26.2 Å². The monoisotopic (exact) mass is 348 g/mol. The van der Waals surface area contributed by atoms with Crippen LogP contribution in [0.3, 0.4) is 0 Å². The molecule has 0 saturated heterocycles. The molecule has 0 aromatic carbocycles. The summed E-state index contributed by atoms with van der Waals surface area (Å²) >= 11 is 0. The molecule has 0 saturated carbocycles. The summed E-state index contributed by atoms with van der Waals surface area (Å²) in [5, 5.41) is 0. The number of esters is 1. The summed E-state index contributed by atoms with van der Waals surface area (Å²) in [7, 11) is 0. The highest BCUT2D eigenvalue weighted by molar-refractivity contribution is 5.69. The number of carbonyl (C=O) groups is 1. The molecule has 0 unspecified atom stereocenters. The summed E-state index contributed by atoms with van der Waals surface area (Å²) in [4.78, 5) is 11.1. The highest BCUT2D eigenvalue weighted by Gasteiger charge is 2.00. The molecule has 6 heteroatoms. The summed E-state index contributed by atoms with van der Waals surface area (Å²) in [5.74, 6) is -0.167. The van der Waals surface area contributed by atoms with Crippen molar-refractivity contribution in [3.63, 3.8) is 0 Å². The highest BCUT2D eigenvalue weighted by Crippen LogP contribution is 1.98. The Bertz CT molecular complexity index is 260. The van der Waals surface area contributed by atoms with Crippen molar-refractivity contribution < 1.29 is 28.5 Å². The molecule has 0 aliphatic carbocycles. The summed E-state index contributed by atoms with van der Waals surface area (Å²) in [5.41, 5.74) is 0. The lowest BCUT2D eigenvalue weighted by Gasteiger charge is -2.07. The SMILES string of the molecule is CCCCCCOCCOCCOCCOCCCC(=O)OCC. The Kier molecular flexibility index (Phi) is 19.8. The smallest absolute Gasteiger partial charge is 0.305 e. The molecule has 0 bridgehead atoms. The Morgan fingerprint density at radius 1 is 0.625 bits per heavy atom. The maximum absolute atomic E-state index is 11.1. The van der Waals surface area contributed by atoms with Gasteiger partial charge in [-0.25, -0.2) is 0 Å². The van der Waals surface area contributed by atoms with Gasteiger partial charge in [-0.05, 0) is 19.8 Å². The van der Waals surface area contributed by atoms with E-state index in [1.807, 2.05) is 0 Å². The molecule has 0 aromatic heterocycles. The Morgan fingerprint density at radius 2 is 1.12 bits per heavy atom. The third-order valence-corrected chi connectivity index (χ3v) is 3.23. The quantitative estimate of drug-likeness (QED) is 0.264. The third-order valence-electron chi connectivity index (χ3n) is 3.23. The average molecular weight is 348 g/mol. The van der Waals surface area contributed by atoms with Crippen LogP contribution >= 0.6 is 0 Å². The van der Waals surface area contributed by atoms with E-state index in [1.54, 1.807) is 6.92 Å². The maximum Gasteiger partial charge on any atom is 0.305 e. The normalized spacial score (nSPS) is 10.9. The molecule has 0 aromatic rings. The Hall–Kier alpha value is -0.690. The van der Waals surface area contributed by atoms with Crippen molar-refractivity contribution in [2.24, 2.45) is 0 Å². The highest BCUT2D eigenvalue weighted by atomic mass is 16.6. The zero-order valence-electron chi connectivity index (χ0n) is 15.6. The van der Waals surface area contributed by atoms with Crippen molar-refractivity contribution in [2.75, 3.05) is 59.5 Å². The van der Waals surface area contributed by atoms with E-state index in [0.717, 1.165) is 13.0 Å². The van der Waals surface area contributed by atoms with E-state index in [1.165, 1.54) is 19.3 Å². The number of rotatable bonds is 19. The summed E-state index contributed by atoms with van der Waals surface area (Å²) in [6.45, 7) is 9.27. The first-order valence-electron chi connectivity index (χ1n) is 9.27. The standard InChI is InChI=1S/C18H36O6/c1-3-5-6-7-10-20-12-14-22-16-17-23-15-13-21-11-8-9-18(19)24-4-2/h3-17H2,1-2H3. The Balaban J connectivity index is 3.01. The molecule has 24 heavy (non-hydrogen) atoms. The van der Waals surface area contributed by atoms with Crippen LogP contribution in [0.4, 0.5) is 0 Å². The zero-order valence-corrected chi connectivity index (χ0v) is 15.6. The number of ether oxygens (including phenoxy) is 5. The fraction of sp³-hybridized carbons (Fsp3) is 0.944. The van der Waals surface area contributed by atoms with E-state index in [9.17, 15) is 4.79 Å². The predicted octanol–water partition coefficient (Wildman–Crippen LogP) is 2.98. The van der Waals surface area contributed by atoms with Crippen molar-refractivity contribution >= 4 is 5.97 Å². The molecular formula is C18H36O6. The summed E-state index contributed by atoms with van der Waals surface area (Å²) in [6.07, 6.45) is 6.00. The van der Waals surface area contributed by atoms with E-state index in [4.69, 9.17) is 23.7 Å². The first kappa shape index (κ1) is 23.3. The first-order valence-corrected chi connectivity index (χ1v) is 9.27. The van der Waals surface area contributed by atoms with Gasteiger partial charge >= 0.3 is 5.97 Å². The molecule has 0 heterocycles. The minimum Gasteiger partial charge on any atom is -0.466 e. The van der Waals surface area contributed by atoms with Crippen molar-refractivity contribution in [3.05, 3.63) is 0 Å². The van der Waals surface area contributed by atoms with E-state index in [2.05, 4.69) is 6.92 Å². The largest absolute Gasteiger partial charge is 0.466 e. The predicted molar refractivity (Wildman–Crippen MR) is 93.3 cm³/mol. The molecule has 0 amide bonds. The van der Waals surface area contributed by atoms with Crippen molar-refractivity contribution in [2.45, 2.75) is 52.4 Å². The van der Waals surface area contributed by atoms with Crippen LogP contribution in [-0.2, 0) is 28.5 Å². The fourth-order valence-corrected chi connectivity index (χ4v) is 1.94. The van der Waals surface area contributed by atoms with E-state index in [-0.39, 0.29) is 5.97 Å². The number of hydrogen-bond acceptors (Lipinski definition) is 6. The molecule has 0 radical (unpaired) electrons. The molecule has 144 valence electrons. The summed E-state index contributed by atoms with van der Waals surface area (Å²) < 4.78 is 26.5. The van der Waals surface area contributed by atoms with Crippen molar-refractivity contribution in [3.8, 4) is 0 Å². The first-order chi connectivity index (χ1) is 11.8. The van der Waals surface area contributed by atoms with E-state index in [0.29, 0.717) is 65.7 Å². The number of unbranched alkanes of at least 4 members (excludes halogenated alkanes) is 3. The van der Waals surface area contributed by atoms with Gasteiger partial charge in [0.25, 0.3) is 0 Å². The minimum atomic E-state index is -0.167. The van der Waals surface area contributed by atoms with Gasteiger partial charge in [0.15, 0.2) is 0 Å². The molecule has 0 atom stereocenters. The molecule has 0 N–H and O–H groups in total. The molecule has 0 spiro atoms. The van der Waals surface area contributed by atoms with Gasteiger partial charge in [-0.15, -0.1) is 0 Å². The number of carbonyl (C=O) groups excluding carboxylic acids is 1. The van der Waals surface area contributed by atoms with Gasteiger partial charge in [0.2, 0.25) is 0 Å². The molecule has 0 fully saturated rings. The molecule has 0 rings (SSSR count). The van der Waals surface area contributed by atoms with Gasteiger partial charge in [-0.3, -0.25) is 4.79 Å². The second-order valence-electron chi connectivity index (χ2n) is 5.42. The topological polar surface area (TPSA) is 63.2 Å². The number of hydrogen-bond donors (Lipinski definition) is 0. The van der Waals surface area contributed by atoms with Gasteiger partial charge in [0.05, 0.1) is 46.2 Å². The van der Waals surface area contributed by atoms with Crippen LogP contribution in [0, 0.1) is 0 Å². The minimum absolute atomic E-state index is 0.167. The lowest BCUT2D eigenvalue weighted by atomic mass is 10.2. The molecule has 0 aliphatic heterocycles.